The number of esters is 1. The quantitative estimate of drug-likeness (QED) is 0.802. The number of nitrogen functional groups attached to an aromatic ring is 1. The Hall–Kier alpha value is -2.90. The minimum atomic E-state index is -0.630. The van der Waals surface area contributed by atoms with Gasteiger partial charge in [-0.15, -0.1) is 0 Å². The molecule has 1 unspecified atom stereocenters. The molecule has 0 aliphatic heterocycles. The van der Waals surface area contributed by atoms with Crippen LogP contribution >= 0.6 is 0 Å². The van der Waals surface area contributed by atoms with Crippen LogP contribution in [0.1, 0.15) is 34.6 Å². The number of ether oxygens (including phenoxy) is 4. The highest BCUT2D eigenvalue weighted by Gasteiger charge is 2.23. The van der Waals surface area contributed by atoms with Gasteiger partial charge in [0, 0.05) is 5.56 Å². The zero-order valence-electron chi connectivity index (χ0n) is 14.2. The highest BCUT2D eigenvalue weighted by Crippen LogP contribution is 2.40. The Kier molecular flexibility index (Phi) is 5.18. The molecule has 24 heavy (non-hydrogen) atoms. The first-order valence-electron chi connectivity index (χ1n) is 7.15. The van der Waals surface area contributed by atoms with Crippen LogP contribution in [0.2, 0.25) is 0 Å². The van der Waals surface area contributed by atoms with Gasteiger partial charge in [0.25, 0.3) is 0 Å². The second kappa shape index (κ2) is 7.12. The molecule has 0 fully saturated rings. The van der Waals surface area contributed by atoms with Crippen molar-refractivity contribution in [1.29, 1.82) is 0 Å². The zero-order chi connectivity index (χ0) is 17.9. The number of carbonyl (C=O) groups is 1. The second-order valence-corrected chi connectivity index (χ2v) is 5.03. The van der Waals surface area contributed by atoms with Gasteiger partial charge < -0.3 is 29.2 Å². The Morgan fingerprint density at radius 3 is 2.17 bits per heavy atom. The van der Waals surface area contributed by atoms with Gasteiger partial charge in [-0.25, -0.2) is 4.79 Å². The van der Waals surface area contributed by atoms with Crippen LogP contribution in [0.5, 0.6) is 17.2 Å². The number of methoxy groups -OCH3 is 3. The minimum absolute atomic E-state index is 0.0480. The third kappa shape index (κ3) is 3.22. The number of aromatic nitrogens is 1. The molecule has 2 N–H and O–H groups in total. The first-order valence-corrected chi connectivity index (χ1v) is 7.15. The van der Waals surface area contributed by atoms with Crippen LogP contribution in [0.3, 0.4) is 0 Å². The number of rotatable bonds is 6. The highest BCUT2D eigenvalue weighted by molar-refractivity contribution is 5.90. The molecule has 0 aliphatic carbocycles. The molecular formula is C16H20N2O6. The van der Waals surface area contributed by atoms with Crippen LogP contribution in [0, 0.1) is 6.92 Å². The van der Waals surface area contributed by atoms with Gasteiger partial charge in [-0.05, 0) is 31.5 Å². The summed E-state index contributed by atoms with van der Waals surface area (Å²) in [5.41, 5.74) is 6.71. The minimum Gasteiger partial charge on any atom is -0.493 e. The number of nitrogens with zero attached hydrogens (tertiary/aromatic N) is 1. The molecule has 130 valence electrons. The lowest BCUT2D eigenvalue weighted by atomic mass is 10.1. The van der Waals surface area contributed by atoms with Crippen LogP contribution in [-0.4, -0.2) is 32.5 Å². The lowest BCUT2D eigenvalue weighted by Gasteiger charge is -2.18. The first-order chi connectivity index (χ1) is 11.4. The zero-order valence-corrected chi connectivity index (χ0v) is 14.2. The molecule has 2 rings (SSSR count). The van der Waals surface area contributed by atoms with E-state index < -0.39 is 12.1 Å². The summed E-state index contributed by atoms with van der Waals surface area (Å²) in [4.78, 5) is 12.2. The molecular weight excluding hydrogens is 316 g/mol. The summed E-state index contributed by atoms with van der Waals surface area (Å²) in [5.74, 6) is 0.854. The Balaban J connectivity index is 2.27. The third-order valence-corrected chi connectivity index (χ3v) is 3.59. The van der Waals surface area contributed by atoms with Crippen molar-refractivity contribution in [2.45, 2.75) is 20.0 Å². The van der Waals surface area contributed by atoms with E-state index in [-0.39, 0.29) is 11.6 Å². The molecule has 0 saturated heterocycles. The monoisotopic (exact) mass is 336 g/mol. The van der Waals surface area contributed by atoms with E-state index in [0.717, 1.165) is 0 Å². The molecule has 0 aliphatic rings. The van der Waals surface area contributed by atoms with E-state index in [1.54, 1.807) is 26.0 Å². The smallest absolute Gasteiger partial charge is 0.361 e. The fourth-order valence-corrected chi connectivity index (χ4v) is 2.16. The van der Waals surface area contributed by atoms with E-state index in [9.17, 15) is 4.79 Å². The molecule has 0 saturated carbocycles. The summed E-state index contributed by atoms with van der Waals surface area (Å²) in [6.07, 6.45) is -0.580. The van der Waals surface area contributed by atoms with E-state index in [2.05, 4.69) is 5.16 Å². The van der Waals surface area contributed by atoms with Gasteiger partial charge in [0.15, 0.2) is 17.2 Å². The van der Waals surface area contributed by atoms with Crippen LogP contribution in [0.15, 0.2) is 16.7 Å². The average molecular weight is 336 g/mol. The highest BCUT2D eigenvalue weighted by atomic mass is 16.6. The van der Waals surface area contributed by atoms with Gasteiger partial charge in [-0.1, -0.05) is 5.16 Å². The van der Waals surface area contributed by atoms with E-state index in [1.165, 1.54) is 21.3 Å². The summed E-state index contributed by atoms with van der Waals surface area (Å²) >= 11 is 0. The molecule has 1 heterocycles. The molecule has 0 spiro atoms. The molecule has 8 nitrogen and oxygen atoms in total. The van der Waals surface area contributed by atoms with Crippen LogP contribution in [-0.2, 0) is 4.74 Å². The van der Waals surface area contributed by atoms with Gasteiger partial charge >= 0.3 is 5.97 Å². The fourth-order valence-electron chi connectivity index (χ4n) is 2.16. The normalized spacial score (nSPS) is 11.7. The average Bonchev–Trinajstić information content (AvgIpc) is 2.92. The third-order valence-electron chi connectivity index (χ3n) is 3.59. The standard InChI is InChI=1S/C16H20N2O6/c1-8-13(18-24-15(8)17)16(19)23-9(2)10-6-11(20-3)14(22-5)12(7-10)21-4/h6-7,9H,17H2,1-5H3. The van der Waals surface area contributed by atoms with Gasteiger partial charge in [-0.2, -0.15) is 0 Å². The van der Waals surface area contributed by atoms with Gasteiger partial charge in [0.1, 0.15) is 6.10 Å². The lowest BCUT2D eigenvalue weighted by molar-refractivity contribution is 0.0324. The summed E-state index contributed by atoms with van der Waals surface area (Å²) in [5, 5.41) is 3.61. The molecule has 1 aromatic heterocycles. The van der Waals surface area contributed by atoms with Crippen molar-refractivity contribution in [2.24, 2.45) is 0 Å². The van der Waals surface area contributed by atoms with Crippen LogP contribution in [0.25, 0.3) is 0 Å². The van der Waals surface area contributed by atoms with E-state index >= 15 is 0 Å². The Morgan fingerprint density at radius 1 is 1.17 bits per heavy atom. The summed E-state index contributed by atoms with van der Waals surface area (Å²) < 4.78 is 26.0. The topological polar surface area (TPSA) is 106 Å². The van der Waals surface area contributed by atoms with Crippen molar-refractivity contribution < 1.29 is 28.3 Å². The lowest BCUT2D eigenvalue weighted by Crippen LogP contribution is -2.11. The van der Waals surface area contributed by atoms with Crippen molar-refractivity contribution in [3.05, 3.63) is 29.0 Å². The fraction of sp³-hybridized carbons (Fsp3) is 0.375. The number of hydrogen-bond donors (Lipinski definition) is 1. The first kappa shape index (κ1) is 17.5. The maximum atomic E-state index is 12.2. The van der Waals surface area contributed by atoms with Crippen molar-refractivity contribution in [3.8, 4) is 17.2 Å². The number of benzene rings is 1. The Bertz CT molecular complexity index is 715. The maximum absolute atomic E-state index is 12.2. The van der Waals surface area contributed by atoms with E-state index in [4.69, 9.17) is 29.2 Å². The number of anilines is 1. The predicted molar refractivity (Wildman–Crippen MR) is 85.6 cm³/mol. The number of hydrogen-bond acceptors (Lipinski definition) is 8. The molecule has 0 amide bonds. The molecule has 2 aromatic rings. The maximum Gasteiger partial charge on any atom is 0.361 e. The van der Waals surface area contributed by atoms with E-state index in [1.807, 2.05) is 0 Å². The SMILES string of the molecule is COc1cc(C(C)OC(=O)c2noc(N)c2C)cc(OC)c1OC. The predicted octanol–water partition coefficient (Wildman–Crippen LogP) is 2.51. The summed E-state index contributed by atoms with van der Waals surface area (Å²) in [6, 6.07) is 3.42. The second-order valence-electron chi connectivity index (χ2n) is 5.03. The summed E-state index contributed by atoms with van der Waals surface area (Å²) in [7, 11) is 4.54. The molecule has 0 bridgehead atoms. The largest absolute Gasteiger partial charge is 0.493 e. The number of carbonyl (C=O) groups excluding carboxylic acids is 1. The Morgan fingerprint density at radius 2 is 1.75 bits per heavy atom. The van der Waals surface area contributed by atoms with Crippen molar-refractivity contribution in [3.63, 3.8) is 0 Å². The van der Waals surface area contributed by atoms with Crippen molar-refractivity contribution >= 4 is 11.9 Å². The molecule has 0 radical (unpaired) electrons. The Labute approximate surface area is 139 Å². The molecule has 8 heteroatoms. The van der Waals surface area contributed by atoms with Gasteiger partial charge in [0.2, 0.25) is 11.6 Å². The van der Waals surface area contributed by atoms with Crippen molar-refractivity contribution in [2.75, 3.05) is 27.1 Å². The van der Waals surface area contributed by atoms with Crippen molar-refractivity contribution in [1.82, 2.24) is 5.16 Å². The summed E-state index contributed by atoms with van der Waals surface area (Å²) in [6.45, 7) is 3.35. The van der Waals surface area contributed by atoms with Crippen LogP contribution < -0.4 is 19.9 Å². The van der Waals surface area contributed by atoms with Crippen LogP contribution in [0.4, 0.5) is 5.88 Å². The van der Waals surface area contributed by atoms with Gasteiger partial charge in [-0.3, -0.25) is 0 Å². The van der Waals surface area contributed by atoms with E-state index in [0.29, 0.717) is 28.4 Å². The van der Waals surface area contributed by atoms with Gasteiger partial charge in [0.05, 0.1) is 21.3 Å². The molecule has 1 aromatic carbocycles. The molecule has 1 atom stereocenters. The number of nitrogens with two attached hydrogens (primary N) is 1.